The molecule has 0 unspecified atom stereocenters. The highest BCUT2D eigenvalue weighted by Gasteiger charge is 2.13. The van der Waals surface area contributed by atoms with Crippen LogP contribution in [0.15, 0.2) is 0 Å². The average Bonchev–Trinajstić information content (AvgIpc) is 2.47. The highest BCUT2D eigenvalue weighted by atomic mass is 32.2. The summed E-state index contributed by atoms with van der Waals surface area (Å²) in [5.41, 5.74) is 5.49. The maximum absolute atomic E-state index is 5.49. The Hall–Kier alpha value is -0.550. The molecule has 0 amide bonds. The summed E-state index contributed by atoms with van der Waals surface area (Å²) in [6.45, 7) is 1.51. The van der Waals surface area contributed by atoms with Gasteiger partial charge in [-0.15, -0.1) is 10.2 Å². The van der Waals surface area contributed by atoms with Gasteiger partial charge in [-0.2, -0.15) is 11.8 Å². The average molecular weight is 170 g/mol. The minimum atomic E-state index is 0.498. The van der Waals surface area contributed by atoms with Crippen LogP contribution < -0.4 is 5.73 Å². The fourth-order valence-electron chi connectivity index (χ4n) is 1.21. The Morgan fingerprint density at radius 1 is 1.55 bits per heavy atom. The lowest BCUT2D eigenvalue weighted by atomic mass is 10.5. The zero-order chi connectivity index (χ0) is 7.68. The van der Waals surface area contributed by atoms with Gasteiger partial charge >= 0.3 is 0 Å². The van der Waals surface area contributed by atoms with Gasteiger partial charge in [0.15, 0.2) is 0 Å². The summed E-state index contributed by atoms with van der Waals surface area (Å²) in [6, 6.07) is 0. The van der Waals surface area contributed by atoms with Crippen molar-refractivity contribution in [3.63, 3.8) is 0 Å². The fourth-order valence-corrected chi connectivity index (χ4v) is 2.06. The second kappa shape index (κ2) is 2.83. The molecule has 0 saturated carbocycles. The monoisotopic (exact) mass is 170 g/mol. The Balaban J connectivity index is 2.38. The first-order valence-electron chi connectivity index (χ1n) is 3.60. The van der Waals surface area contributed by atoms with E-state index in [1.165, 1.54) is 0 Å². The fraction of sp³-hybridized carbons (Fsp3) is 0.667. The van der Waals surface area contributed by atoms with Crippen molar-refractivity contribution in [3.05, 3.63) is 11.6 Å². The van der Waals surface area contributed by atoms with Crippen molar-refractivity contribution in [2.45, 2.75) is 18.8 Å². The standard InChI is InChI=1S/C6H10N4S/c7-3-5-8-9-6-4-11-2-1-10(5)6/h1-4,7H2. The summed E-state index contributed by atoms with van der Waals surface area (Å²) in [4.78, 5) is 0. The molecule has 0 spiro atoms. The number of aromatic nitrogens is 3. The van der Waals surface area contributed by atoms with E-state index >= 15 is 0 Å². The van der Waals surface area contributed by atoms with Crippen LogP contribution in [0.4, 0.5) is 0 Å². The summed E-state index contributed by atoms with van der Waals surface area (Å²) in [7, 11) is 0. The van der Waals surface area contributed by atoms with E-state index in [4.69, 9.17) is 5.73 Å². The first-order chi connectivity index (χ1) is 5.42. The van der Waals surface area contributed by atoms with E-state index in [-0.39, 0.29) is 0 Å². The molecule has 0 radical (unpaired) electrons. The molecule has 1 aliphatic rings. The highest BCUT2D eigenvalue weighted by Crippen LogP contribution is 2.17. The van der Waals surface area contributed by atoms with Gasteiger partial charge in [-0.05, 0) is 0 Å². The molecule has 60 valence electrons. The number of nitrogens with two attached hydrogens (primary N) is 1. The molecule has 0 aromatic carbocycles. The summed E-state index contributed by atoms with van der Waals surface area (Å²) in [5, 5.41) is 8.03. The van der Waals surface area contributed by atoms with Crippen LogP contribution >= 0.6 is 11.8 Å². The zero-order valence-electron chi connectivity index (χ0n) is 6.16. The van der Waals surface area contributed by atoms with Crippen LogP contribution in [0.5, 0.6) is 0 Å². The van der Waals surface area contributed by atoms with Crippen molar-refractivity contribution in [1.29, 1.82) is 0 Å². The molecule has 2 heterocycles. The van der Waals surface area contributed by atoms with Gasteiger partial charge in [0.05, 0.1) is 12.3 Å². The summed E-state index contributed by atoms with van der Waals surface area (Å²) in [6.07, 6.45) is 0. The van der Waals surface area contributed by atoms with Crippen LogP contribution in [0.1, 0.15) is 11.6 Å². The number of thioether (sulfide) groups is 1. The van der Waals surface area contributed by atoms with Gasteiger partial charge < -0.3 is 10.3 Å². The number of hydrogen-bond acceptors (Lipinski definition) is 4. The number of rotatable bonds is 1. The molecule has 2 rings (SSSR count). The van der Waals surface area contributed by atoms with Crippen LogP contribution in [-0.2, 0) is 18.8 Å². The van der Waals surface area contributed by atoms with E-state index in [0.717, 1.165) is 29.7 Å². The van der Waals surface area contributed by atoms with Crippen molar-refractivity contribution in [1.82, 2.24) is 14.8 Å². The van der Waals surface area contributed by atoms with Gasteiger partial charge in [-0.1, -0.05) is 0 Å². The predicted molar refractivity (Wildman–Crippen MR) is 44.1 cm³/mol. The van der Waals surface area contributed by atoms with E-state index in [1.807, 2.05) is 11.8 Å². The number of fused-ring (bicyclic) bond motifs is 1. The molecule has 1 aromatic heterocycles. The van der Waals surface area contributed by atoms with Crippen LogP contribution in [0, 0.1) is 0 Å². The van der Waals surface area contributed by atoms with Crippen LogP contribution in [-0.4, -0.2) is 20.5 Å². The normalized spacial score (nSPS) is 16.5. The third kappa shape index (κ3) is 1.14. The van der Waals surface area contributed by atoms with E-state index in [9.17, 15) is 0 Å². The third-order valence-corrected chi connectivity index (χ3v) is 2.71. The van der Waals surface area contributed by atoms with Gasteiger partial charge in [0.25, 0.3) is 0 Å². The van der Waals surface area contributed by atoms with E-state index in [1.54, 1.807) is 0 Å². The van der Waals surface area contributed by atoms with Gasteiger partial charge in [-0.25, -0.2) is 0 Å². The first-order valence-corrected chi connectivity index (χ1v) is 4.76. The molecule has 0 atom stereocenters. The highest BCUT2D eigenvalue weighted by molar-refractivity contribution is 7.98. The minimum Gasteiger partial charge on any atom is -0.324 e. The van der Waals surface area contributed by atoms with Crippen LogP contribution in [0.25, 0.3) is 0 Å². The number of nitrogens with zero attached hydrogens (tertiary/aromatic N) is 3. The zero-order valence-corrected chi connectivity index (χ0v) is 6.97. The maximum atomic E-state index is 5.49. The van der Waals surface area contributed by atoms with Gasteiger partial charge in [-0.3, -0.25) is 0 Å². The second-order valence-corrected chi connectivity index (χ2v) is 3.55. The molecule has 0 aliphatic carbocycles. The molecule has 1 aliphatic heterocycles. The predicted octanol–water partition coefficient (Wildman–Crippen LogP) is -0.0164. The van der Waals surface area contributed by atoms with Crippen LogP contribution in [0.3, 0.4) is 0 Å². The number of hydrogen-bond donors (Lipinski definition) is 1. The van der Waals surface area contributed by atoms with Crippen molar-refractivity contribution in [2.24, 2.45) is 5.73 Å². The van der Waals surface area contributed by atoms with Gasteiger partial charge in [0, 0.05) is 12.3 Å². The lowest BCUT2D eigenvalue weighted by molar-refractivity contribution is 0.672. The molecule has 1 aromatic rings. The Morgan fingerprint density at radius 2 is 2.45 bits per heavy atom. The topological polar surface area (TPSA) is 56.7 Å². The Morgan fingerprint density at radius 3 is 3.27 bits per heavy atom. The smallest absolute Gasteiger partial charge is 0.146 e. The molecule has 0 saturated heterocycles. The molecule has 2 N–H and O–H groups in total. The third-order valence-electron chi connectivity index (χ3n) is 1.78. The molecule has 0 fully saturated rings. The van der Waals surface area contributed by atoms with Gasteiger partial charge in [0.1, 0.15) is 11.6 Å². The first kappa shape index (κ1) is 7.12. The largest absolute Gasteiger partial charge is 0.324 e. The molecule has 0 bridgehead atoms. The molecular formula is C6H10N4S. The van der Waals surface area contributed by atoms with E-state index in [2.05, 4.69) is 14.8 Å². The second-order valence-electron chi connectivity index (χ2n) is 2.44. The maximum Gasteiger partial charge on any atom is 0.146 e. The molecular weight excluding hydrogens is 160 g/mol. The lowest BCUT2D eigenvalue weighted by Gasteiger charge is -2.13. The summed E-state index contributed by atoms with van der Waals surface area (Å²) < 4.78 is 2.12. The van der Waals surface area contributed by atoms with E-state index < -0.39 is 0 Å². The van der Waals surface area contributed by atoms with Crippen molar-refractivity contribution >= 4 is 11.8 Å². The molecule has 5 heteroatoms. The lowest BCUT2D eigenvalue weighted by Crippen LogP contribution is -2.15. The molecule has 11 heavy (non-hydrogen) atoms. The Labute approximate surface area is 69.2 Å². The van der Waals surface area contributed by atoms with Crippen molar-refractivity contribution in [3.8, 4) is 0 Å². The summed E-state index contributed by atoms with van der Waals surface area (Å²) in [5.74, 6) is 4.12. The quantitative estimate of drug-likeness (QED) is 0.643. The molecule has 4 nitrogen and oxygen atoms in total. The summed E-state index contributed by atoms with van der Waals surface area (Å²) >= 11 is 1.90. The minimum absolute atomic E-state index is 0.498. The van der Waals surface area contributed by atoms with Crippen molar-refractivity contribution < 1.29 is 0 Å². The van der Waals surface area contributed by atoms with E-state index in [0.29, 0.717) is 6.54 Å². The van der Waals surface area contributed by atoms with Crippen LogP contribution in [0.2, 0.25) is 0 Å². The Bertz CT molecular complexity index is 244. The van der Waals surface area contributed by atoms with Crippen molar-refractivity contribution in [2.75, 3.05) is 5.75 Å². The van der Waals surface area contributed by atoms with Gasteiger partial charge in [0.2, 0.25) is 0 Å². The SMILES string of the molecule is NCc1nnc2n1CCSC2. The Kier molecular flexibility index (Phi) is 1.83.